The Morgan fingerprint density at radius 3 is 2.20 bits per heavy atom. The van der Waals surface area contributed by atoms with E-state index in [1.54, 1.807) is 6.92 Å². The minimum absolute atomic E-state index is 0.0657. The van der Waals surface area contributed by atoms with Gasteiger partial charge < -0.3 is 4.79 Å². The van der Waals surface area contributed by atoms with Gasteiger partial charge in [0.2, 0.25) is 0 Å². The largest absolute Gasteiger partial charge is 0.300 e. The van der Waals surface area contributed by atoms with Crippen LogP contribution >= 0.6 is 0 Å². The van der Waals surface area contributed by atoms with Crippen molar-refractivity contribution in [3.05, 3.63) is 11.6 Å². The number of carbonyl (C=O) groups excluding carboxylic acids is 2. The number of rotatable bonds is 7. The van der Waals surface area contributed by atoms with Crippen LogP contribution in [-0.2, 0) is 9.59 Å². The van der Waals surface area contributed by atoms with Crippen molar-refractivity contribution in [2.24, 2.45) is 17.3 Å². The lowest BCUT2D eigenvalue weighted by Gasteiger charge is -2.34. The Bertz CT molecular complexity index is 378. The number of hydrogen-bond acceptors (Lipinski definition) is 2. The first kappa shape index (κ1) is 17.1. The van der Waals surface area contributed by atoms with E-state index in [4.69, 9.17) is 0 Å². The van der Waals surface area contributed by atoms with Crippen molar-refractivity contribution in [2.75, 3.05) is 0 Å². The summed E-state index contributed by atoms with van der Waals surface area (Å²) in [5.74, 6) is 1.70. The molecule has 1 rings (SSSR count). The highest BCUT2D eigenvalue weighted by atomic mass is 16.1. The molecule has 0 atom stereocenters. The number of carbonyl (C=O) groups is 2. The van der Waals surface area contributed by atoms with Crippen molar-refractivity contribution >= 4 is 11.6 Å². The predicted molar refractivity (Wildman–Crippen MR) is 83.6 cm³/mol. The third-order valence-electron chi connectivity index (χ3n) is 4.15. The summed E-state index contributed by atoms with van der Waals surface area (Å²) >= 11 is 0. The molecule has 0 radical (unpaired) electrons. The van der Waals surface area contributed by atoms with Gasteiger partial charge in [-0.25, -0.2) is 0 Å². The van der Waals surface area contributed by atoms with Crippen LogP contribution in [0.2, 0.25) is 0 Å². The molecule has 0 saturated heterocycles. The van der Waals surface area contributed by atoms with Gasteiger partial charge >= 0.3 is 0 Å². The lowest BCUT2D eigenvalue weighted by Crippen LogP contribution is -2.25. The van der Waals surface area contributed by atoms with Crippen LogP contribution in [0.15, 0.2) is 11.6 Å². The van der Waals surface area contributed by atoms with E-state index in [2.05, 4.69) is 33.8 Å². The maximum absolute atomic E-state index is 12.3. The van der Waals surface area contributed by atoms with Crippen LogP contribution in [0.5, 0.6) is 0 Å². The van der Waals surface area contributed by atoms with Crippen LogP contribution in [0.4, 0.5) is 0 Å². The summed E-state index contributed by atoms with van der Waals surface area (Å²) in [6.45, 7) is 10.6. The van der Waals surface area contributed by atoms with Gasteiger partial charge in [-0.1, -0.05) is 33.8 Å². The molecular weight excluding hydrogens is 248 g/mol. The number of Topliss-reactive ketones (excluding diaryl/α,β-unsaturated/α-hetero) is 2. The summed E-state index contributed by atoms with van der Waals surface area (Å²) in [4.78, 5) is 23.4. The summed E-state index contributed by atoms with van der Waals surface area (Å²) in [5.41, 5.74) is 1.09. The fourth-order valence-electron chi connectivity index (χ4n) is 3.74. The van der Waals surface area contributed by atoms with Crippen LogP contribution < -0.4 is 0 Å². The summed E-state index contributed by atoms with van der Waals surface area (Å²) in [6, 6.07) is 0. The Labute approximate surface area is 124 Å². The van der Waals surface area contributed by atoms with Crippen molar-refractivity contribution < 1.29 is 9.59 Å². The first-order valence-electron chi connectivity index (χ1n) is 8.00. The first-order valence-corrected chi connectivity index (χ1v) is 8.00. The zero-order chi connectivity index (χ0) is 15.3. The van der Waals surface area contributed by atoms with Gasteiger partial charge in [-0.15, -0.1) is 0 Å². The molecule has 1 aliphatic carbocycles. The molecule has 0 aliphatic heterocycles. The molecule has 1 aliphatic rings. The molecule has 114 valence electrons. The highest BCUT2D eigenvalue weighted by Crippen LogP contribution is 2.50. The normalized spacial score (nSPS) is 20.4. The minimum atomic E-state index is 0.0657. The molecule has 0 amide bonds. The fourth-order valence-corrected chi connectivity index (χ4v) is 3.74. The van der Waals surface area contributed by atoms with Gasteiger partial charge in [0.1, 0.15) is 5.78 Å². The van der Waals surface area contributed by atoms with E-state index in [1.165, 1.54) is 0 Å². The molecule has 0 aromatic rings. The summed E-state index contributed by atoms with van der Waals surface area (Å²) in [7, 11) is 0. The molecule has 0 heterocycles. The predicted octanol–water partition coefficient (Wildman–Crippen LogP) is 4.72. The van der Waals surface area contributed by atoms with Gasteiger partial charge in [0.25, 0.3) is 0 Å². The first-order chi connectivity index (χ1) is 9.27. The molecule has 0 spiro atoms. The van der Waals surface area contributed by atoms with E-state index >= 15 is 0 Å². The van der Waals surface area contributed by atoms with Crippen LogP contribution in [0.1, 0.15) is 73.1 Å². The average Bonchev–Trinajstić information content (AvgIpc) is 2.55. The second-order valence-electron chi connectivity index (χ2n) is 7.26. The monoisotopic (exact) mass is 278 g/mol. The zero-order valence-corrected chi connectivity index (χ0v) is 13.8. The van der Waals surface area contributed by atoms with Crippen molar-refractivity contribution in [3.8, 4) is 0 Å². The van der Waals surface area contributed by atoms with E-state index in [0.717, 1.165) is 24.8 Å². The lowest BCUT2D eigenvalue weighted by molar-refractivity contribution is -0.117. The van der Waals surface area contributed by atoms with Gasteiger partial charge in [0, 0.05) is 12.8 Å². The Kier molecular flexibility index (Phi) is 6.16. The third-order valence-corrected chi connectivity index (χ3v) is 4.15. The molecule has 20 heavy (non-hydrogen) atoms. The standard InChI is InChI=1S/C18H30O2/c1-13(2)11-18(12-14(3)4)10-9-17(20)16(18)8-6-7-15(5)19/h8,13-14H,6-7,9-12H2,1-5H3/b16-8-. The second kappa shape index (κ2) is 7.19. The van der Waals surface area contributed by atoms with Crippen LogP contribution in [-0.4, -0.2) is 11.6 Å². The highest BCUT2D eigenvalue weighted by molar-refractivity contribution is 5.99. The Balaban J connectivity index is 2.98. The third kappa shape index (κ3) is 4.57. The molecule has 0 aromatic carbocycles. The van der Waals surface area contributed by atoms with Crippen LogP contribution in [0, 0.1) is 17.3 Å². The van der Waals surface area contributed by atoms with E-state index in [9.17, 15) is 9.59 Å². The van der Waals surface area contributed by atoms with Gasteiger partial charge in [-0.3, -0.25) is 4.79 Å². The van der Waals surface area contributed by atoms with Gasteiger partial charge in [0.15, 0.2) is 5.78 Å². The maximum atomic E-state index is 12.3. The van der Waals surface area contributed by atoms with Gasteiger partial charge in [0.05, 0.1) is 0 Å². The van der Waals surface area contributed by atoms with Crippen LogP contribution in [0.25, 0.3) is 0 Å². The Morgan fingerprint density at radius 2 is 1.75 bits per heavy atom. The van der Waals surface area contributed by atoms with E-state index < -0.39 is 0 Å². The molecule has 2 nitrogen and oxygen atoms in total. The van der Waals surface area contributed by atoms with Gasteiger partial charge in [-0.05, 0) is 55.4 Å². The van der Waals surface area contributed by atoms with Crippen molar-refractivity contribution in [3.63, 3.8) is 0 Å². The SMILES string of the molecule is CC(=O)CC/C=C1/C(=O)CCC1(CC(C)C)CC(C)C. The number of allylic oxidation sites excluding steroid dienone is 2. The van der Waals surface area contributed by atoms with E-state index in [-0.39, 0.29) is 11.2 Å². The quantitative estimate of drug-likeness (QED) is 0.631. The van der Waals surface area contributed by atoms with Crippen LogP contribution in [0.3, 0.4) is 0 Å². The Hall–Kier alpha value is -0.920. The van der Waals surface area contributed by atoms with Gasteiger partial charge in [-0.2, -0.15) is 0 Å². The fraction of sp³-hybridized carbons (Fsp3) is 0.778. The summed E-state index contributed by atoms with van der Waals surface area (Å²) in [5, 5.41) is 0. The molecular formula is C18H30O2. The highest BCUT2D eigenvalue weighted by Gasteiger charge is 2.43. The maximum Gasteiger partial charge on any atom is 0.159 e. The second-order valence-corrected chi connectivity index (χ2v) is 7.26. The Morgan fingerprint density at radius 1 is 1.20 bits per heavy atom. The van der Waals surface area contributed by atoms with E-state index in [1.807, 2.05) is 0 Å². The smallest absolute Gasteiger partial charge is 0.159 e. The van der Waals surface area contributed by atoms with Crippen molar-refractivity contribution in [1.82, 2.24) is 0 Å². The number of ketones is 2. The summed E-state index contributed by atoms with van der Waals surface area (Å²) in [6.07, 6.45) is 7.19. The molecule has 1 saturated carbocycles. The molecule has 1 fully saturated rings. The lowest BCUT2D eigenvalue weighted by atomic mass is 9.70. The topological polar surface area (TPSA) is 34.1 Å². The van der Waals surface area contributed by atoms with E-state index in [0.29, 0.717) is 36.9 Å². The van der Waals surface area contributed by atoms with Crippen molar-refractivity contribution in [2.45, 2.75) is 73.1 Å². The molecule has 0 bridgehead atoms. The minimum Gasteiger partial charge on any atom is -0.300 e. The molecule has 2 heteroatoms. The average molecular weight is 278 g/mol. The zero-order valence-electron chi connectivity index (χ0n) is 13.8. The van der Waals surface area contributed by atoms with Crippen molar-refractivity contribution in [1.29, 1.82) is 0 Å². The molecule has 0 aromatic heterocycles. The molecule has 0 unspecified atom stereocenters. The summed E-state index contributed by atoms with van der Waals surface area (Å²) < 4.78 is 0. The number of hydrogen-bond donors (Lipinski definition) is 0. The molecule has 0 N–H and O–H groups in total.